The molecule has 3 unspecified atom stereocenters. The second kappa shape index (κ2) is 6.21. The summed E-state index contributed by atoms with van der Waals surface area (Å²) in [4.78, 5) is 0. The summed E-state index contributed by atoms with van der Waals surface area (Å²) in [5.41, 5.74) is 6.94. The molecule has 0 aromatic heterocycles. The van der Waals surface area contributed by atoms with Crippen molar-refractivity contribution in [2.45, 2.75) is 37.9 Å². The van der Waals surface area contributed by atoms with Crippen molar-refractivity contribution in [3.05, 3.63) is 23.8 Å². The lowest BCUT2D eigenvalue weighted by Crippen LogP contribution is -2.43. The molecular weight excluding hydrogens is 250 g/mol. The van der Waals surface area contributed by atoms with Crippen LogP contribution >= 0.6 is 0 Å². The van der Waals surface area contributed by atoms with Crippen LogP contribution in [-0.4, -0.2) is 40.4 Å². The number of rotatable bonds is 4. The zero-order valence-corrected chi connectivity index (χ0v) is 10.5. The van der Waals surface area contributed by atoms with Gasteiger partial charge in [0.2, 0.25) is 6.29 Å². The van der Waals surface area contributed by atoms with Gasteiger partial charge in [0.15, 0.2) is 0 Å². The van der Waals surface area contributed by atoms with Gasteiger partial charge >= 0.3 is 0 Å². The first kappa shape index (κ1) is 14.1. The SMILES string of the molecule is Nc1cc(CO)ccc1OC1CCC(O)C(CO)O1. The summed E-state index contributed by atoms with van der Waals surface area (Å²) in [6.07, 6.45) is -0.804. The number of aliphatic hydroxyl groups is 3. The normalized spacial score (nSPS) is 27.2. The Morgan fingerprint density at radius 1 is 1.32 bits per heavy atom. The number of benzene rings is 1. The maximum Gasteiger partial charge on any atom is 0.200 e. The molecule has 106 valence electrons. The minimum Gasteiger partial charge on any atom is -0.463 e. The van der Waals surface area contributed by atoms with Crippen LogP contribution in [0.3, 0.4) is 0 Å². The highest BCUT2D eigenvalue weighted by Crippen LogP contribution is 2.27. The fourth-order valence-corrected chi connectivity index (χ4v) is 2.04. The molecule has 1 aliphatic rings. The molecule has 0 spiro atoms. The van der Waals surface area contributed by atoms with Gasteiger partial charge < -0.3 is 30.5 Å². The Balaban J connectivity index is 2.01. The molecule has 1 heterocycles. The number of anilines is 1. The quantitative estimate of drug-likeness (QED) is 0.573. The zero-order chi connectivity index (χ0) is 13.8. The van der Waals surface area contributed by atoms with E-state index in [-0.39, 0.29) is 13.2 Å². The Hall–Kier alpha value is -1.34. The minimum absolute atomic E-state index is 0.0802. The van der Waals surface area contributed by atoms with Gasteiger partial charge in [-0.15, -0.1) is 0 Å². The molecule has 3 atom stereocenters. The topological polar surface area (TPSA) is 105 Å². The summed E-state index contributed by atoms with van der Waals surface area (Å²) in [5, 5.41) is 27.7. The molecule has 0 radical (unpaired) electrons. The average molecular weight is 269 g/mol. The van der Waals surface area contributed by atoms with Crippen molar-refractivity contribution in [3.63, 3.8) is 0 Å². The fraction of sp³-hybridized carbons (Fsp3) is 0.538. The summed E-state index contributed by atoms with van der Waals surface area (Å²) in [5.74, 6) is 0.468. The van der Waals surface area contributed by atoms with E-state index < -0.39 is 18.5 Å². The Bertz CT molecular complexity index is 425. The highest BCUT2D eigenvalue weighted by Gasteiger charge is 2.30. The molecule has 2 rings (SSSR count). The Labute approximate surface area is 111 Å². The van der Waals surface area contributed by atoms with E-state index in [1.807, 2.05) is 0 Å². The van der Waals surface area contributed by atoms with Crippen LogP contribution in [0.15, 0.2) is 18.2 Å². The van der Waals surface area contributed by atoms with Gasteiger partial charge in [-0.2, -0.15) is 0 Å². The molecule has 0 amide bonds. The van der Waals surface area contributed by atoms with Crippen molar-refractivity contribution >= 4 is 5.69 Å². The lowest BCUT2D eigenvalue weighted by Gasteiger charge is -2.33. The number of aliphatic hydroxyl groups excluding tert-OH is 3. The van der Waals surface area contributed by atoms with Gasteiger partial charge in [0.1, 0.15) is 11.9 Å². The molecule has 1 fully saturated rings. The molecule has 0 bridgehead atoms. The van der Waals surface area contributed by atoms with Crippen molar-refractivity contribution < 1.29 is 24.8 Å². The van der Waals surface area contributed by atoms with Gasteiger partial charge in [-0.25, -0.2) is 0 Å². The predicted molar refractivity (Wildman–Crippen MR) is 68.4 cm³/mol. The number of hydrogen-bond donors (Lipinski definition) is 4. The predicted octanol–water partition coefficient (Wildman–Crippen LogP) is -0.00180. The number of ether oxygens (including phenoxy) is 2. The fourth-order valence-electron chi connectivity index (χ4n) is 2.04. The van der Waals surface area contributed by atoms with Crippen LogP contribution < -0.4 is 10.5 Å². The molecule has 0 saturated carbocycles. The Kier molecular flexibility index (Phi) is 4.60. The molecule has 6 nitrogen and oxygen atoms in total. The molecular formula is C13H19NO5. The summed E-state index contributed by atoms with van der Waals surface area (Å²) in [7, 11) is 0. The van der Waals surface area contributed by atoms with Crippen LogP contribution in [0.5, 0.6) is 5.75 Å². The van der Waals surface area contributed by atoms with Gasteiger partial charge in [0.25, 0.3) is 0 Å². The van der Waals surface area contributed by atoms with Gasteiger partial charge in [-0.1, -0.05) is 6.07 Å². The van der Waals surface area contributed by atoms with Crippen LogP contribution in [0.4, 0.5) is 5.69 Å². The second-order valence-electron chi connectivity index (χ2n) is 4.58. The average Bonchev–Trinajstić information content (AvgIpc) is 2.43. The van der Waals surface area contributed by atoms with Crippen LogP contribution in [0.1, 0.15) is 18.4 Å². The summed E-state index contributed by atoms with van der Waals surface area (Å²) >= 11 is 0. The van der Waals surface area contributed by atoms with Gasteiger partial charge in [0, 0.05) is 6.42 Å². The zero-order valence-electron chi connectivity index (χ0n) is 10.5. The van der Waals surface area contributed by atoms with E-state index in [1.54, 1.807) is 18.2 Å². The molecule has 1 saturated heterocycles. The molecule has 1 aromatic rings. The van der Waals surface area contributed by atoms with E-state index in [1.165, 1.54) is 0 Å². The third-order valence-corrected chi connectivity index (χ3v) is 3.15. The highest BCUT2D eigenvalue weighted by atomic mass is 16.7. The van der Waals surface area contributed by atoms with E-state index in [9.17, 15) is 5.11 Å². The first-order valence-corrected chi connectivity index (χ1v) is 6.24. The largest absolute Gasteiger partial charge is 0.463 e. The van der Waals surface area contributed by atoms with Crippen molar-refractivity contribution in [1.29, 1.82) is 0 Å². The number of nitrogen functional groups attached to an aromatic ring is 1. The van der Waals surface area contributed by atoms with Crippen molar-refractivity contribution in [1.82, 2.24) is 0 Å². The Morgan fingerprint density at radius 2 is 2.11 bits per heavy atom. The third-order valence-electron chi connectivity index (χ3n) is 3.15. The van der Waals surface area contributed by atoms with Crippen LogP contribution in [0.25, 0.3) is 0 Å². The molecule has 6 heteroatoms. The minimum atomic E-state index is -0.668. The van der Waals surface area contributed by atoms with Crippen LogP contribution in [-0.2, 0) is 11.3 Å². The molecule has 19 heavy (non-hydrogen) atoms. The maximum absolute atomic E-state index is 9.58. The van der Waals surface area contributed by atoms with Gasteiger partial charge in [-0.05, 0) is 24.1 Å². The van der Waals surface area contributed by atoms with Gasteiger partial charge in [-0.3, -0.25) is 0 Å². The van der Waals surface area contributed by atoms with Crippen molar-refractivity contribution in [2.75, 3.05) is 12.3 Å². The van der Waals surface area contributed by atoms with E-state index in [0.29, 0.717) is 29.8 Å². The van der Waals surface area contributed by atoms with E-state index >= 15 is 0 Å². The first-order chi connectivity index (χ1) is 9.13. The highest BCUT2D eigenvalue weighted by molar-refractivity contribution is 5.54. The summed E-state index contributed by atoms with van der Waals surface area (Å²) < 4.78 is 11.1. The molecule has 5 N–H and O–H groups in total. The van der Waals surface area contributed by atoms with Crippen molar-refractivity contribution in [2.24, 2.45) is 0 Å². The first-order valence-electron chi connectivity index (χ1n) is 6.24. The van der Waals surface area contributed by atoms with E-state index in [2.05, 4.69) is 0 Å². The van der Waals surface area contributed by atoms with E-state index in [0.717, 1.165) is 0 Å². The Morgan fingerprint density at radius 3 is 2.74 bits per heavy atom. The smallest absolute Gasteiger partial charge is 0.200 e. The monoisotopic (exact) mass is 269 g/mol. The summed E-state index contributed by atoms with van der Waals surface area (Å²) in [6.45, 7) is -0.330. The number of nitrogens with two attached hydrogens (primary N) is 1. The van der Waals surface area contributed by atoms with E-state index in [4.69, 9.17) is 25.4 Å². The second-order valence-corrected chi connectivity index (χ2v) is 4.58. The lowest BCUT2D eigenvalue weighted by molar-refractivity contribution is -0.196. The molecule has 0 aliphatic carbocycles. The third kappa shape index (κ3) is 3.36. The van der Waals surface area contributed by atoms with Crippen LogP contribution in [0, 0.1) is 0 Å². The summed E-state index contributed by atoms with van der Waals surface area (Å²) in [6, 6.07) is 5.02. The van der Waals surface area contributed by atoms with Crippen molar-refractivity contribution in [3.8, 4) is 5.75 Å². The van der Waals surface area contributed by atoms with Crippen LogP contribution in [0.2, 0.25) is 0 Å². The lowest BCUT2D eigenvalue weighted by atomic mass is 10.1. The standard InChI is InChI=1S/C13H19NO5/c14-9-5-8(6-15)1-3-11(9)18-13-4-2-10(17)12(7-16)19-13/h1,3,5,10,12-13,15-17H,2,4,6-7,14H2. The van der Waals surface area contributed by atoms with Gasteiger partial charge in [0.05, 0.1) is 25.0 Å². The maximum atomic E-state index is 9.58. The molecule has 1 aliphatic heterocycles. The molecule has 1 aromatic carbocycles. The number of hydrogen-bond acceptors (Lipinski definition) is 6.